The number of hydrogen-bond acceptors (Lipinski definition) is 4. The Morgan fingerprint density at radius 3 is 2.60 bits per heavy atom. The number of amides is 1. The molecule has 0 radical (unpaired) electrons. The zero-order valence-electron chi connectivity index (χ0n) is 20.8. The monoisotopic (exact) mass is 470 g/mol. The fourth-order valence-electron chi connectivity index (χ4n) is 3.96. The van der Waals surface area contributed by atoms with Crippen LogP contribution < -0.4 is 10.1 Å². The van der Waals surface area contributed by atoms with E-state index in [4.69, 9.17) is 14.1 Å². The van der Waals surface area contributed by atoms with Gasteiger partial charge in [0.1, 0.15) is 11.3 Å². The van der Waals surface area contributed by atoms with E-state index in [2.05, 4.69) is 38.2 Å². The van der Waals surface area contributed by atoms with Crippen LogP contribution in [0.3, 0.4) is 0 Å². The Kier molecular flexibility index (Phi) is 8.19. The third-order valence-corrected chi connectivity index (χ3v) is 6.34. The van der Waals surface area contributed by atoms with Crippen LogP contribution in [-0.4, -0.2) is 17.5 Å². The number of carbonyl (C=O) groups is 1. The molecular weight excluding hydrogens is 436 g/mol. The van der Waals surface area contributed by atoms with E-state index >= 15 is 0 Å². The van der Waals surface area contributed by atoms with E-state index in [-0.39, 0.29) is 5.91 Å². The number of benzene rings is 3. The quantitative estimate of drug-likeness (QED) is 0.224. The van der Waals surface area contributed by atoms with Crippen molar-refractivity contribution in [3.05, 3.63) is 77.9 Å². The molecule has 182 valence electrons. The predicted molar refractivity (Wildman–Crippen MR) is 142 cm³/mol. The van der Waals surface area contributed by atoms with Crippen molar-refractivity contribution in [2.24, 2.45) is 0 Å². The standard InChI is InChI=1S/C30H34N2O3/c1-4-6-7-8-18-34-26-15-12-22(13-16-26)29(33)31-25-11-9-10-24(19-25)30-32-27-20-23(21(3)5-2)14-17-28(27)35-30/h9-17,19-21H,4-8,18H2,1-3H3,(H,31,33)/t21-/m0/s1. The number of ether oxygens (including phenoxy) is 1. The van der Waals surface area contributed by atoms with Crippen LogP contribution >= 0.6 is 0 Å². The number of aromatic nitrogens is 1. The molecule has 0 bridgehead atoms. The smallest absolute Gasteiger partial charge is 0.255 e. The molecule has 1 aromatic heterocycles. The molecule has 0 aliphatic carbocycles. The second kappa shape index (κ2) is 11.7. The van der Waals surface area contributed by atoms with Gasteiger partial charge in [-0.2, -0.15) is 0 Å². The van der Waals surface area contributed by atoms with Crippen LogP contribution in [0.5, 0.6) is 5.75 Å². The molecule has 5 heteroatoms. The molecule has 1 N–H and O–H groups in total. The Labute approximate surface area is 207 Å². The van der Waals surface area contributed by atoms with Gasteiger partial charge in [-0.05, 0) is 78.9 Å². The predicted octanol–water partition coefficient (Wildman–Crippen LogP) is 8.22. The maximum Gasteiger partial charge on any atom is 0.255 e. The lowest BCUT2D eigenvalue weighted by Crippen LogP contribution is -2.11. The van der Waals surface area contributed by atoms with Crippen LogP contribution in [0.4, 0.5) is 5.69 Å². The summed E-state index contributed by atoms with van der Waals surface area (Å²) in [5.41, 5.74) is 4.94. The van der Waals surface area contributed by atoms with Gasteiger partial charge < -0.3 is 14.5 Å². The summed E-state index contributed by atoms with van der Waals surface area (Å²) in [4.78, 5) is 17.5. The number of carbonyl (C=O) groups excluding carboxylic acids is 1. The first-order valence-corrected chi connectivity index (χ1v) is 12.6. The lowest BCUT2D eigenvalue weighted by molar-refractivity contribution is 0.102. The first kappa shape index (κ1) is 24.5. The zero-order valence-corrected chi connectivity index (χ0v) is 20.8. The van der Waals surface area contributed by atoms with Gasteiger partial charge in [-0.25, -0.2) is 4.98 Å². The molecule has 4 aromatic rings. The second-order valence-electron chi connectivity index (χ2n) is 9.02. The highest BCUT2D eigenvalue weighted by Gasteiger charge is 2.13. The van der Waals surface area contributed by atoms with E-state index in [9.17, 15) is 4.79 Å². The Balaban J connectivity index is 1.41. The van der Waals surface area contributed by atoms with Gasteiger partial charge in [-0.1, -0.05) is 52.2 Å². The van der Waals surface area contributed by atoms with Gasteiger partial charge in [0.15, 0.2) is 5.58 Å². The number of fused-ring (bicyclic) bond motifs is 1. The van der Waals surface area contributed by atoms with E-state index in [0.717, 1.165) is 35.3 Å². The Hall–Kier alpha value is -3.60. The largest absolute Gasteiger partial charge is 0.494 e. The molecule has 0 aliphatic heterocycles. The van der Waals surface area contributed by atoms with Crippen molar-refractivity contribution in [3.63, 3.8) is 0 Å². The van der Waals surface area contributed by atoms with Crippen LogP contribution in [0.1, 0.15) is 74.7 Å². The number of nitrogens with one attached hydrogen (secondary N) is 1. The van der Waals surface area contributed by atoms with Gasteiger partial charge in [0, 0.05) is 16.8 Å². The minimum atomic E-state index is -0.174. The van der Waals surface area contributed by atoms with Gasteiger partial charge in [-0.15, -0.1) is 0 Å². The molecule has 0 fully saturated rings. The number of hydrogen-bond donors (Lipinski definition) is 1. The van der Waals surface area contributed by atoms with E-state index in [1.54, 1.807) is 12.1 Å². The van der Waals surface area contributed by atoms with E-state index in [1.165, 1.54) is 24.8 Å². The Morgan fingerprint density at radius 2 is 1.83 bits per heavy atom. The average molecular weight is 471 g/mol. The first-order valence-electron chi connectivity index (χ1n) is 12.6. The highest BCUT2D eigenvalue weighted by atomic mass is 16.5. The maximum atomic E-state index is 12.8. The SMILES string of the molecule is CCCCCCOc1ccc(C(=O)Nc2cccc(-c3nc4cc([C@@H](C)CC)ccc4o3)c2)cc1. The van der Waals surface area contributed by atoms with Crippen molar-refractivity contribution in [3.8, 4) is 17.2 Å². The van der Waals surface area contributed by atoms with Crippen molar-refractivity contribution >= 4 is 22.7 Å². The topological polar surface area (TPSA) is 64.4 Å². The number of oxazole rings is 1. The van der Waals surface area contributed by atoms with Gasteiger partial charge in [0.25, 0.3) is 5.91 Å². The maximum absolute atomic E-state index is 12.8. The average Bonchev–Trinajstić information content (AvgIpc) is 3.32. The fraction of sp³-hybridized carbons (Fsp3) is 0.333. The third kappa shape index (κ3) is 6.30. The molecular formula is C30H34N2O3. The lowest BCUT2D eigenvalue weighted by atomic mass is 9.98. The van der Waals surface area contributed by atoms with Gasteiger partial charge in [0.2, 0.25) is 5.89 Å². The minimum Gasteiger partial charge on any atom is -0.494 e. The van der Waals surface area contributed by atoms with E-state index in [1.807, 2.05) is 42.5 Å². The van der Waals surface area contributed by atoms with Crippen molar-refractivity contribution in [2.75, 3.05) is 11.9 Å². The van der Waals surface area contributed by atoms with Gasteiger partial charge >= 0.3 is 0 Å². The van der Waals surface area contributed by atoms with E-state index < -0.39 is 0 Å². The summed E-state index contributed by atoms with van der Waals surface area (Å²) in [6.45, 7) is 7.29. The molecule has 0 unspecified atom stereocenters. The Bertz CT molecular complexity index is 1260. The molecule has 4 rings (SSSR count). The van der Waals surface area contributed by atoms with Crippen molar-refractivity contribution < 1.29 is 13.9 Å². The molecule has 0 spiro atoms. The minimum absolute atomic E-state index is 0.174. The summed E-state index contributed by atoms with van der Waals surface area (Å²) in [6.07, 6.45) is 5.74. The molecule has 5 nitrogen and oxygen atoms in total. The molecule has 3 aromatic carbocycles. The number of nitrogens with zero attached hydrogens (tertiary/aromatic N) is 1. The number of anilines is 1. The molecule has 35 heavy (non-hydrogen) atoms. The molecule has 1 atom stereocenters. The van der Waals surface area contributed by atoms with Crippen molar-refractivity contribution in [2.45, 2.75) is 58.8 Å². The van der Waals surface area contributed by atoms with Gasteiger partial charge in [0.05, 0.1) is 6.61 Å². The van der Waals surface area contributed by atoms with Crippen LogP contribution in [0.2, 0.25) is 0 Å². The van der Waals surface area contributed by atoms with Crippen LogP contribution in [0.25, 0.3) is 22.6 Å². The summed E-state index contributed by atoms with van der Waals surface area (Å²) in [7, 11) is 0. The van der Waals surface area contributed by atoms with Crippen LogP contribution in [0.15, 0.2) is 71.1 Å². The van der Waals surface area contributed by atoms with E-state index in [0.29, 0.717) is 29.7 Å². The molecule has 0 saturated carbocycles. The summed E-state index contributed by atoms with van der Waals surface area (Å²) in [6, 6.07) is 21.0. The number of unbranched alkanes of at least 4 members (excludes halogenated alkanes) is 3. The molecule has 1 amide bonds. The van der Waals surface area contributed by atoms with Crippen molar-refractivity contribution in [1.82, 2.24) is 4.98 Å². The fourth-order valence-corrected chi connectivity index (χ4v) is 3.96. The zero-order chi connectivity index (χ0) is 24.6. The molecule has 0 saturated heterocycles. The highest BCUT2D eigenvalue weighted by Crippen LogP contribution is 2.29. The summed E-state index contributed by atoms with van der Waals surface area (Å²) in [5.74, 6) is 1.63. The highest BCUT2D eigenvalue weighted by molar-refractivity contribution is 6.04. The number of rotatable bonds is 11. The summed E-state index contributed by atoms with van der Waals surface area (Å²) >= 11 is 0. The Morgan fingerprint density at radius 1 is 1.00 bits per heavy atom. The summed E-state index contributed by atoms with van der Waals surface area (Å²) < 4.78 is 11.8. The normalized spacial score (nSPS) is 12.0. The molecule has 0 aliphatic rings. The third-order valence-electron chi connectivity index (χ3n) is 6.34. The first-order chi connectivity index (χ1) is 17.1. The van der Waals surface area contributed by atoms with Crippen LogP contribution in [0, 0.1) is 0 Å². The lowest BCUT2D eigenvalue weighted by Gasteiger charge is -2.08. The van der Waals surface area contributed by atoms with Crippen LogP contribution in [-0.2, 0) is 0 Å². The summed E-state index contributed by atoms with van der Waals surface area (Å²) in [5, 5.41) is 2.97. The second-order valence-corrected chi connectivity index (χ2v) is 9.02. The molecule has 1 heterocycles. The van der Waals surface area contributed by atoms with Gasteiger partial charge in [-0.3, -0.25) is 4.79 Å². The van der Waals surface area contributed by atoms with Crippen molar-refractivity contribution in [1.29, 1.82) is 0 Å².